The Bertz CT molecular complexity index is 1590. The van der Waals surface area contributed by atoms with Gasteiger partial charge in [-0.2, -0.15) is 27.6 Å². The number of alkyl halides is 3. The highest BCUT2D eigenvalue weighted by molar-refractivity contribution is 7.92. The predicted octanol–water partition coefficient (Wildman–Crippen LogP) is 3.02. The van der Waals surface area contributed by atoms with Crippen molar-refractivity contribution in [2.75, 3.05) is 17.8 Å². The van der Waals surface area contributed by atoms with E-state index in [1.807, 2.05) is 0 Å². The number of allylic oxidation sites excluding steroid dienone is 1. The zero-order valence-electron chi connectivity index (χ0n) is 18.6. The maximum absolute atomic E-state index is 13.0. The van der Waals surface area contributed by atoms with Crippen molar-refractivity contribution in [2.24, 2.45) is 4.36 Å². The summed E-state index contributed by atoms with van der Waals surface area (Å²) < 4.78 is 57.5. The summed E-state index contributed by atoms with van der Waals surface area (Å²) in [5.41, 5.74) is 0.0198. The van der Waals surface area contributed by atoms with Gasteiger partial charge in [-0.25, -0.2) is 23.5 Å². The average Bonchev–Trinajstić information content (AvgIpc) is 3.28. The van der Waals surface area contributed by atoms with Crippen molar-refractivity contribution in [3.8, 4) is 5.82 Å². The first-order chi connectivity index (χ1) is 16.4. The summed E-state index contributed by atoms with van der Waals surface area (Å²) in [5.74, 6) is 0.521. The van der Waals surface area contributed by atoms with Crippen molar-refractivity contribution in [1.82, 2.24) is 34.1 Å². The molecule has 0 fully saturated rings. The summed E-state index contributed by atoms with van der Waals surface area (Å²) in [6.45, 7) is 2.57. The molecule has 184 valence electrons. The summed E-state index contributed by atoms with van der Waals surface area (Å²) >= 11 is 0. The summed E-state index contributed by atoms with van der Waals surface area (Å²) in [6.07, 6.45) is 3.73. The Hall–Kier alpha value is -4.01. The third kappa shape index (κ3) is 5.56. The molecule has 0 aliphatic carbocycles. The van der Waals surface area contributed by atoms with Crippen LogP contribution >= 0.6 is 0 Å². The van der Waals surface area contributed by atoms with Crippen LogP contribution in [0.15, 0.2) is 58.6 Å². The fourth-order valence-electron chi connectivity index (χ4n) is 3.24. The van der Waals surface area contributed by atoms with Crippen LogP contribution in [0.5, 0.6) is 0 Å². The molecule has 4 aromatic heterocycles. The normalized spacial score (nSPS) is 12.1. The van der Waals surface area contributed by atoms with Gasteiger partial charge in [0.05, 0.1) is 18.4 Å². The molecule has 4 aromatic rings. The van der Waals surface area contributed by atoms with E-state index in [4.69, 9.17) is 0 Å². The molecule has 0 saturated heterocycles. The van der Waals surface area contributed by atoms with Crippen LogP contribution in [0, 0.1) is 0 Å². The lowest BCUT2D eigenvalue weighted by Crippen LogP contribution is -2.22. The van der Waals surface area contributed by atoms with E-state index in [0.717, 1.165) is 10.9 Å². The summed E-state index contributed by atoms with van der Waals surface area (Å²) in [6, 6.07) is 4.86. The zero-order valence-corrected chi connectivity index (χ0v) is 19.4. The highest BCUT2D eigenvalue weighted by Crippen LogP contribution is 2.21. The molecule has 1 N–H and O–H groups in total. The topological polar surface area (TPSA) is 125 Å². The van der Waals surface area contributed by atoms with Crippen LogP contribution < -0.4 is 10.9 Å². The summed E-state index contributed by atoms with van der Waals surface area (Å²) in [5, 5.41) is 6.64. The molecule has 0 aliphatic heterocycles. The Labute approximate surface area is 197 Å². The Morgan fingerprint density at radius 3 is 2.69 bits per heavy atom. The van der Waals surface area contributed by atoms with Crippen LogP contribution in [-0.2, 0) is 22.8 Å². The van der Waals surface area contributed by atoms with E-state index < -0.39 is 28.0 Å². The second-order valence-electron chi connectivity index (χ2n) is 7.71. The van der Waals surface area contributed by atoms with Crippen molar-refractivity contribution >= 4 is 38.2 Å². The van der Waals surface area contributed by atoms with E-state index in [0.29, 0.717) is 0 Å². The van der Waals surface area contributed by atoms with Gasteiger partial charge >= 0.3 is 6.18 Å². The number of aromatic nitrogens is 7. The molecule has 0 bridgehead atoms. The van der Waals surface area contributed by atoms with Crippen molar-refractivity contribution in [3.63, 3.8) is 0 Å². The molecule has 4 heterocycles. The lowest BCUT2D eigenvalue weighted by Gasteiger charge is -2.10. The van der Waals surface area contributed by atoms with Gasteiger partial charge in [0.15, 0.2) is 17.3 Å². The average molecular weight is 508 g/mol. The minimum Gasteiger partial charge on any atom is -0.321 e. The van der Waals surface area contributed by atoms with Gasteiger partial charge in [0, 0.05) is 34.6 Å². The standard InChI is InChI=1S/C20H20F3N9O2S/c1-4-8-31-18(33)14-10-24-19(26-13-9-25-30(11-13)12-20(21,22)23)28-17(14)32(31)16-7-5-6-15(27-16)29-35(2,3)34/h4-7,9-11H,1,8,12H2,2-3H3,(H,24,26,28). The number of nitrogens with one attached hydrogen (secondary N) is 1. The molecular formula is C20H20F3N9O2S. The largest absolute Gasteiger partial charge is 0.408 e. The maximum atomic E-state index is 13.0. The zero-order chi connectivity index (χ0) is 25.4. The number of hydrogen-bond donors (Lipinski definition) is 1. The van der Waals surface area contributed by atoms with Crippen LogP contribution in [0.4, 0.5) is 30.6 Å². The number of rotatable bonds is 7. The highest BCUT2D eigenvalue weighted by atomic mass is 32.2. The molecule has 0 saturated carbocycles. The molecule has 0 spiro atoms. The number of anilines is 2. The van der Waals surface area contributed by atoms with Gasteiger partial charge in [-0.05, 0) is 12.1 Å². The Morgan fingerprint density at radius 1 is 1.23 bits per heavy atom. The Kier molecular flexibility index (Phi) is 6.19. The van der Waals surface area contributed by atoms with Gasteiger partial charge in [-0.15, -0.1) is 6.58 Å². The number of pyridine rings is 1. The molecule has 0 amide bonds. The van der Waals surface area contributed by atoms with Crippen molar-refractivity contribution < 1.29 is 17.4 Å². The second kappa shape index (κ2) is 8.98. The number of hydrogen-bond acceptors (Lipinski definition) is 8. The van der Waals surface area contributed by atoms with Crippen LogP contribution in [0.2, 0.25) is 0 Å². The van der Waals surface area contributed by atoms with E-state index in [9.17, 15) is 22.2 Å². The molecule has 0 aromatic carbocycles. The van der Waals surface area contributed by atoms with E-state index in [1.54, 1.807) is 18.2 Å². The number of halogens is 3. The van der Waals surface area contributed by atoms with Crippen molar-refractivity contribution in [1.29, 1.82) is 0 Å². The number of nitrogens with zero attached hydrogens (tertiary/aromatic N) is 8. The van der Waals surface area contributed by atoms with Crippen LogP contribution in [0.3, 0.4) is 0 Å². The SMILES string of the molecule is C=CCn1c(=O)c2cnc(Nc3cnn(CC(F)(F)F)c3)nc2n1-c1cccc(N=S(C)(C)=O)n1. The van der Waals surface area contributed by atoms with Gasteiger partial charge in [-0.1, -0.05) is 12.1 Å². The fraction of sp³-hybridized carbons (Fsp3) is 0.250. The van der Waals surface area contributed by atoms with Gasteiger partial charge in [0.2, 0.25) is 5.95 Å². The quantitative estimate of drug-likeness (QED) is 0.381. The molecule has 35 heavy (non-hydrogen) atoms. The van der Waals surface area contributed by atoms with Gasteiger partial charge in [-0.3, -0.25) is 9.48 Å². The van der Waals surface area contributed by atoms with E-state index in [2.05, 4.69) is 36.3 Å². The molecule has 11 nitrogen and oxygen atoms in total. The lowest BCUT2D eigenvalue weighted by molar-refractivity contribution is -0.142. The molecule has 4 rings (SSSR count). The van der Waals surface area contributed by atoms with Crippen LogP contribution in [0.1, 0.15) is 0 Å². The minimum atomic E-state index is -4.42. The Morgan fingerprint density at radius 2 is 2.00 bits per heavy atom. The van der Waals surface area contributed by atoms with Gasteiger partial charge in [0.1, 0.15) is 11.9 Å². The maximum Gasteiger partial charge on any atom is 0.408 e. The summed E-state index contributed by atoms with van der Waals surface area (Å²) in [7, 11) is -2.48. The predicted molar refractivity (Wildman–Crippen MR) is 125 cm³/mol. The first-order valence-electron chi connectivity index (χ1n) is 10.0. The Balaban J connectivity index is 1.80. The van der Waals surface area contributed by atoms with E-state index in [-0.39, 0.29) is 40.8 Å². The summed E-state index contributed by atoms with van der Waals surface area (Å²) in [4.78, 5) is 25.9. The first-order valence-corrected chi connectivity index (χ1v) is 12.4. The van der Waals surface area contributed by atoms with Crippen LogP contribution in [0.25, 0.3) is 16.9 Å². The smallest absolute Gasteiger partial charge is 0.321 e. The molecule has 0 atom stereocenters. The number of fused-ring (bicyclic) bond motifs is 1. The highest BCUT2D eigenvalue weighted by Gasteiger charge is 2.28. The van der Waals surface area contributed by atoms with E-state index >= 15 is 0 Å². The second-order valence-corrected chi connectivity index (χ2v) is 10.3. The van der Waals surface area contributed by atoms with E-state index in [1.165, 1.54) is 40.3 Å². The first kappa shape index (κ1) is 24.1. The lowest BCUT2D eigenvalue weighted by atomic mass is 10.4. The van der Waals surface area contributed by atoms with Gasteiger partial charge in [0.25, 0.3) is 5.56 Å². The van der Waals surface area contributed by atoms with Gasteiger partial charge < -0.3 is 5.32 Å². The minimum absolute atomic E-state index is 0.0274. The third-order valence-electron chi connectivity index (χ3n) is 4.46. The fourth-order valence-corrected chi connectivity index (χ4v) is 3.79. The van der Waals surface area contributed by atoms with Crippen molar-refractivity contribution in [2.45, 2.75) is 19.3 Å². The molecule has 0 unspecified atom stereocenters. The molecular weight excluding hydrogens is 487 g/mol. The van der Waals surface area contributed by atoms with Crippen molar-refractivity contribution in [3.05, 3.63) is 59.8 Å². The third-order valence-corrected chi connectivity index (χ3v) is 5.09. The molecule has 15 heteroatoms. The monoisotopic (exact) mass is 507 g/mol. The molecule has 0 radical (unpaired) electrons. The molecule has 0 aliphatic rings. The van der Waals surface area contributed by atoms with Crippen LogP contribution in [-0.4, -0.2) is 57.0 Å².